The van der Waals surface area contributed by atoms with Crippen molar-refractivity contribution in [2.45, 2.75) is 39.3 Å². The van der Waals surface area contributed by atoms with Crippen LogP contribution >= 0.6 is 0 Å². The lowest BCUT2D eigenvalue weighted by Crippen LogP contribution is -2.54. The van der Waals surface area contributed by atoms with Crippen LogP contribution in [-0.2, 0) is 5.41 Å². The zero-order valence-electron chi connectivity index (χ0n) is 23.1. The molecule has 0 atom stereocenters. The maximum Gasteiger partial charge on any atom is 0.146 e. The van der Waals surface area contributed by atoms with Crippen LogP contribution in [0.25, 0.3) is 39.0 Å². The fraction of sp³-hybridized carbons (Fsp3) is 0.176. The van der Waals surface area contributed by atoms with E-state index in [4.69, 9.17) is 9.97 Å². The first kappa shape index (κ1) is 25.1. The van der Waals surface area contributed by atoms with E-state index in [0.717, 1.165) is 38.6 Å². The molecule has 194 valence electrons. The Labute approximate surface area is 230 Å². The van der Waals surface area contributed by atoms with Crippen LogP contribution in [-0.4, -0.2) is 27.7 Å². The van der Waals surface area contributed by atoms with E-state index in [1.165, 1.54) is 10.8 Å². The van der Waals surface area contributed by atoms with E-state index in [2.05, 4.69) is 105 Å². The molecule has 1 N–H and O–H groups in total. The van der Waals surface area contributed by atoms with Crippen molar-refractivity contribution in [3.05, 3.63) is 109 Å². The van der Waals surface area contributed by atoms with Crippen LogP contribution in [0.15, 0.2) is 103 Å². The van der Waals surface area contributed by atoms with Gasteiger partial charge in [-0.15, -0.1) is 0 Å². The molecule has 0 saturated carbocycles. The average Bonchev–Trinajstić information content (AvgIpc) is 3.26. The normalized spacial score (nSPS) is 12.3. The van der Waals surface area contributed by atoms with Gasteiger partial charge in [0.25, 0.3) is 0 Å². The maximum atomic E-state index is 10.8. The lowest BCUT2D eigenvalue weighted by Gasteiger charge is -2.27. The molecule has 0 radical (unpaired) electrons. The van der Waals surface area contributed by atoms with Crippen LogP contribution in [0.2, 0.25) is 13.1 Å². The Bertz CT molecular complexity index is 1830. The first-order valence-electron chi connectivity index (χ1n) is 13.4. The summed E-state index contributed by atoms with van der Waals surface area (Å²) in [6, 6.07) is 35.2. The molecular weight excluding hydrogens is 494 g/mol. The topological polar surface area (TPSA) is 50.9 Å². The minimum Gasteiger partial charge on any atom is -0.506 e. The molecule has 0 saturated heterocycles. The monoisotopic (exact) mass is 527 g/mol. The lowest BCUT2D eigenvalue weighted by molar-refractivity contribution is 0.473. The van der Waals surface area contributed by atoms with Gasteiger partial charge in [-0.2, -0.15) is 0 Å². The third-order valence-corrected chi connectivity index (χ3v) is 11.0. The fourth-order valence-electron chi connectivity index (χ4n) is 5.30. The van der Waals surface area contributed by atoms with E-state index >= 15 is 0 Å². The smallest absolute Gasteiger partial charge is 0.146 e. The Morgan fingerprint density at radius 1 is 0.692 bits per heavy atom. The van der Waals surface area contributed by atoms with Crippen LogP contribution < -0.4 is 10.5 Å². The fourth-order valence-corrected chi connectivity index (χ4v) is 7.53. The van der Waals surface area contributed by atoms with Crippen LogP contribution in [0.1, 0.15) is 26.3 Å². The Morgan fingerprint density at radius 2 is 1.38 bits per heavy atom. The minimum absolute atomic E-state index is 0.0393. The molecule has 39 heavy (non-hydrogen) atoms. The number of phenols is 1. The van der Waals surface area contributed by atoms with Gasteiger partial charge in [-0.05, 0) is 53.4 Å². The number of hydrogen-bond acceptors (Lipinski definition) is 3. The van der Waals surface area contributed by atoms with E-state index in [0.29, 0.717) is 5.69 Å². The summed E-state index contributed by atoms with van der Waals surface area (Å²) in [6.45, 7) is 11.5. The number of nitrogens with zero attached hydrogens (tertiary/aromatic N) is 3. The van der Waals surface area contributed by atoms with Gasteiger partial charge in [0.2, 0.25) is 0 Å². The van der Waals surface area contributed by atoms with Gasteiger partial charge < -0.3 is 5.11 Å². The zero-order valence-corrected chi connectivity index (χ0v) is 24.1. The standard InChI is InChI=1S/C34H33N3OSi/c1-34(2,3)23-21-28(35-32(22-23)39(4,5)24-13-7-6-8-14-24)27-20-19-26-25-15-9-10-16-29(25)37(33(26)36-27)30-17-11-12-18-31(30)38/h6-22,38H,1-5H3. The molecule has 3 heterocycles. The van der Waals surface area contributed by atoms with Gasteiger partial charge in [-0.1, -0.05) is 99.7 Å². The molecule has 0 aliphatic carbocycles. The number of benzene rings is 3. The molecule has 6 rings (SSSR count). The largest absolute Gasteiger partial charge is 0.506 e. The Kier molecular flexibility index (Phi) is 5.92. The summed E-state index contributed by atoms with van der Waals surface area (Å²) < 4.78 is 2.06. The lowest BCUT2D eigenvalue weighted by atomic mass is 9.87. The predicted molar refractivity (Wildman–Crippen MR) is 165 cm³/mol. The van der Waals surface area contributed by atoms with E-state index in [1.807, 2.05) is 30.3 Å². The number of phenolic OH excluding ortho intramolecular Hbond substituents is 1. The highest BCUT2D eigenvalue weighted by molar-refractivity contribution is 6.99. The number of fused-ring (bicyclic) bond motifs is 3. The molecule has 0 aliphatic rings. The van der Waals surface area contributed by atoms with Crippen molar-refractivity contribution in [3.8, 4) is 22.8 Å². The quantitative estimate of drug-likeness (QED) is 0.250. The Balaban J connectivity index is 1.61. The van der Waals surface area contributed by atoms with Crippen molar-refractivity contribution in [2.24, 2.45) is 0 Å². The van der Waals surface area contributed by atoms with E-state index < -0.39 is 8.07 Å². The van der Waals surface area contributed by atoms with Gasteiger partial charge in [0.05, 0.1) is 22.6 Å². The molecule has 0 amide bonds. The summed E-state index contributed by atoms with van der Waals surface area (Å²) in [5.74, 6) is 0.220. The summed E-state index contributed by atoms with van der Waals surface area (Å²) >= 11 is 0. The summed E-state index contributed by atoms with van der Waals surface area (Å²) in [7, 11) is -2.06. The van der Waals surface area contributed by atoms with Crippen LogP contribution in [0.3, 0.4) is 0 Å². The first-order chi connectivity index (χ1) is 18.6. The van der Waals surface area contributed by atoms with Gasteiger partial charge in [-0.3, -0.25) is 9.55 Å². The number of aromatic hydroxyl groups is 1. The van der Waals surface area contributed by atoms with E-state index in [9.17, 15) is 5.11 Å². The number of pyridine rings is 2. The minimum atomic E-state index is -2.06. The van der Waals surface area contributed by atoms with Crippen molar-refractivity contribution in [2.75, 3.05) is 0 Å². The highest BCUT2D eigenvalue weighted by atomic mass is 28.3. The third kappa shape index (κ3) is 4.33. The molecule has 6 aromatic rings. The van der Waals surface area contributed by atoms with Gasteiger partial charge in [-0.25, -0.2) is 4.98 Å². The molecule has 3 aromatic heterocycles. The van der Waals surface area contributed by atoms with Gasteiger partial charge in [0.1, 0.15) is 19.5 Å². The predicted octanol–water partition coefficient (Wildman–Crippen LogP) is 7.07. The molecule has 0 unspecified atom stereocenters. The maximum absolute atomic E-state index is 10.8. The van der Waals surface area contributed by atoms with E-state index in [-0.39, 0.29) is 11.2 Å². The number of hydrogen-bond donors (Lipinski definition) is 1. The summed E-state index contributed by atoms with van der Waals surface area (Å²) in [5.41, 5.74) is 5.44. The van der Waals surface area contributed by atoms with Gasteiger partial charge in [0.15, 0.2) is 0 Å². The second-order valence-corrected chi connectivity index (χ2v) is 16.1. The van der Waals surface area contributed by atoms with Crippen molar-refractivity contribution < 1.29 is 5.11 Å². The molecular formula is C34H33N3OSi. The number of para-hydroxylation sites is 3. The third-order valence-electron chi connectivity index (χ3n) is 7.73. The zero-order chi connectivity index (χ0) is 27.4. The summed E-state index contributed by atoms with van der Waals surface area (Å²) in [6.07, 6.45) is 0. The molecule has 0 aliphatic heterocycles. The van der Waals surface area contributed by atoms with Crippen molar-refractivity contribution >= 4 is 40.5 Å². The highest BCUT2D eigenvalue weighted by Crippen LogP contribution is 2.35. The van der Waals surface area contributed by atoms with Gasteiger partial charge in [0, 0.05) is 16.1 Å². The molecule has 3 aromatic carbocycles. The second-order valence-electron chi connectivity index (χ2n) is 11.8. The first-order valence-corrected chi connectivity index (χ1v) is 16.4. The summed E-state index contributed by atoms with van der Waals surface area (Å²) in [4.78, 5) is 10.5. The molecule has 0 fully saturated rings. The van der Waals surface area contributed by atoms with Crippen LogP contribution in [0.5, 0.6) is 5.75 Å². The molecule has 4 nitrogen and oxygen atoms in total. The van der Waals surface area contributed by atoms with Crippen LogP contribution in [0, 0.1) is 0 Å². The van der Waals surface area contributed by atoms with Crippen molar-refractivity contribution in [1.29, 1.82) is 0 Å². The summed E-state index contributed by atoms with van der Waals surface area (Å²) in [5, 5.41) is 15.4. The Morgan fingerprint density at radius 3 is 2.13 bits per heavy atom. The second kappa shape index (κ2) is 9.21. The van der Waals surface area contributed by atoms with Gasteiger partial charge >= 0.3 is 0 Å². The van der Waals surface area contributed by atoms with Crippen molar-refractivity contribution in [3.63, 3.8) is 0 Å². The molecule has 0 bridgehead atoms. The molecule has 5 heteroatoms. The average molecular weight is 528 g/mol. The Hall–Kier alpha value is -4.22. The highest BCUT2D eigenvalue weighted by Gasteiger charge is 2.30. The molecule has 0 spiro atoms. The SMILES string of the molecule is CC(C)(C)c1cc(-c2ccc3c4ccccc4n(-c4ccccc4O)c3n2)nc([Si](C)(C)c2ccccc2)c1. The van der Waals surface area contributed by atoms with Crippen molar-refractivity contribution in [1.82, 2.24) is 14.5 Å². The van der Waals surface area contributed by atoms with E-state index in [1.54, 1.807) is 6.07 Å². The van der Waals surface area contributed by atoms with Crippen LogP contribution in [0.4, 0.5) is 0 Å². The number of rotatable bonds is 4. The number of aromatic nitrogens is 3.